The molecule has 0 amide bonds. The topological polar surface area (TPSA) is 131 Å². The molecule has 1 atom stereocenters. The Kier molecular flexibility index (Phi) is 5.82. The van der Waals surface area contributed by atoms with Crippen LogP contribution in [0.2, 0.25) is 5.02 Å². The fourth-order valence-electron chi connectivity index (χ4n) is 2.68. The van der Waals surface area contributed by atoms with Crippen LogP contribution in [0.3, 0.4) is 0 Å². The average molecular weight is 425 g/mol. The zero-order valence-electron chi connectivity index (χ0n) is 15.1. The van der Waals surface area contributed by atoms with Gasteiger partial charge in [-0.05, 0) is 19.1 Å². The molecule has 11 heteroatoms. The maximum absolute atomic E-state index is 12.8. The summed E-state index contributed by atoms with van der Waals surface area (Å²) >= 11 is 5.89. The van der Waals surface area contributed by atoms with Gasteiger partial charge in [0.2, 0.25) is 11.8 Å². The smallest absolute Gasteiger partial charge is 0.267 e. The van der Waals surface area contributed by atoms with Gasteiger partial charge in [-0.15, -0.1) is 0 Å². The minimum Gasteiger partial charge on any atom is -0.480 e. The summed E-state index contributed by atoms with van der Waals surface area (Å²) in [6.45, 7) is 2.41. The first-order valence-electron chi connectivity index (χ1n) is 8.25. The molecule has 28 heavy (non-hydrogen) atoms. The molecule has 0 spiro atoms. The molecule has 0 radical (unpaired) electrons. The molecule has 0 aromatic carbocycles. The Morgan fingerprint density at radius 3 is 2.89 bits per heavy atom. The molecule has 1 aliphatic rings. The number of sulfonamides is 1. The fourth-order valence-corrected chi connectivity index (χ4v) is 4.09. The molecule has 148 valence electrons. The number of pyridine rings is 2. The van der Waals surface area contributed by atoms with Crippen molar-refractivity contribution < 1.29 is 23.2 Å². The lowest BCUT2D eigenvalue weighted by Crippen LogP contribution is -2.87. The predicted octanol–water partition coefficient (Wildman–Crippen LogP) is 1.27. The Hall–Kier alpha value is -2.69. The molecule has 0 saturated carbocycles. The summed E-state index contributed by atoms with van der Waals surface area (Å²) in [5, 5.41) is 9.47. The minimum absolute atomic E-state index is 0.0745. The second-order valence-corrected chi connectivity index (χ2v) is 8.17. The van der Waals surface area contributed by atoms with Crippen molar-refractivity contribution in [3.8, 4) is 11.8 Å². The Bertz CT molecular complexity index is 1040. The van der Waals surface area contributed by atoms with E-state index in [1.165, 1.54) is 25.6 Å². The summed E-state index contributed by atoms with van der Waals surface area (Å²) in [5.74, 6) is 0.299. The number of fused-ring (bicyclic) bond motifs is 1. The van der Waals surface area contributed by atoms with E-state index in [-0.39, 0.29) is 27.5 Å². The highest BCUT2D eigenvalue weighted by atomic mass is 35.5. The van der Waals surface area contributed by atoms with Gasteiger partial charge >= 0.3 is 0 Å². The van der Waals surface area contributed by atoms with E-state index in [2.05, 4.69) is 14.7 Å². The van der Waals surface area contributed by atoms with Crippen molar-refractivity contribution in [2.75, 3.05) is 18.4 Å². The lowest BCUT2D eigenvalue weighted by Gasteiger charge is -2.12. The summed E-state index contributed by atoms with van der Waals surface area (Å²) in [4.78, 5) is 7.92. The molecule has 3 heterocycles. The molecule has 0 saturated heterocycles. The molecular formula is C17H19ClN5O4S+. The number of anilines is 1. The van der Waals surface area contributed by atoms with E-state index in [1.807, 2.05) is 12.2 Å². The number of nitrogens with two attached hydrogens (primary N) is 1. The molecule has 0 aliphatic carbocycles. The number of nitrogens with one attached hydrogen (secondary N) is 2. The van der Waals surface area contributed by atoms with E-state index in [0.29, 0.717) is 18.1 Å². The van der Waals surface area contributed by atoms with Crippen LogP contribution in [0.25, 0.3) is 5.70 Å². The van der Waals surface area contributed by atoms with Gasteiger partial charge in [0.15, 0.2) is 4.90 Å². The largest absolute Gasteiger partial charge is 0.480 e. The SMILES string of the molecule is COc1ncc(Cl)cc1S(=O)(=O)Nc1cnc2c(c1)C(=CC=N)[NH2+]C(C)CO2. The number of halogens is 1. The zero-order chi connectivity index (χ0) is 20.3. The van der Waals surface area contributed by atoms with Crippen LogP contribution in [0.1, 0.15) is 12.5 Å². The number of quaternary nitrogens is 1. The maximum atomic E-state index is 12.8. The summed E-state index contributed by atoms with van der Waals surface area (Å²) in [6, 6.07) is 2.97. The van der Waals surface area contributed by atoms with Gasteiger partial charge in [-0.25, -0.2) is 18.4 Å². The van der Waals surface area contributed by atoms with Crippen molar-refractivity contribution in [2.24, 2.45) is 0 Å². The highest BCUT2D eigenvalue weighted by molar-refractivity contribution is 7.92. The van der Waals surface area contributed by atoms with Crippen LogP contribution in [0.4, 0.5) is 5.69 Å². The third-order valence-electron chi connectivity index (χ3n) is 3.89. The van der Waals surface area contributed by atoms with Crippen LogP contribution < -0.4 is 19.5 Å². The second kappa shape index (κ2) is 8.13. The van der Waals surface area contributed by atoms with E-state index in [0.717, 1.165) is 11.9 Å². The highest BCUT2D eigenvalue weighted by Gasteiger charge is 2.25. The van der Waals surface area contributed by atoms with E-state index in [1.54, 1.807) is 12.1 Å². The molecule has 0 fully saturated rings. The van der Waals surface area contributed by atoms with Crippen molar-refractivity contribution in [2.45, 2.75) is 17.9 Å². The van der Waals surface area contributed by atoms with Crippen molar-refractivity contribution >= 4 is 39.2 Å². The zero-order valence-corrected chi connectivity index (χ0v) is 16.7. The van der Waals surface area contributed by atoms with E-state index < -0.39 is 10.0 Å². The molecule has 1 unspecified atom stereocenters. The van der Waals surface area contributed by atoms with Gasteiger partial charge < -0.3 is 20.2 Å². The van der Waals surface area contributed by atoms with E-state index in [9.17, 15) is 8.42 Å². The van der Waals surface area contributed by atoms with Gasteiger partial charge in [0, 0.05) is 18.5 Å². The molecule has 3 rings (SSSR count). The molecule has 2 aromatic rings. The fraction of sp³-hybridized carbons (Fsp3) is 0.235. The summed E-state index contributed by atoms with van der Waals surface area (Å²) in [5.41, 5.74) is 1.54. The number of hydrogen-bond donors (Lipinski definition) is 3. The van der Waals surface area contributed by atoms with Crippen molar-refractivity contribution in [3.63, 3.8) is 0 Å². The number of methoxy groups -OCH3 is 1. The molecule has 9 nitrogen and oxygen atoms in total. The van der Waals surface area contributed by atoms with E-state index >= 15 is 0 Å². The number of rotatable bonds is 5. The predicted molar refractivity (Wildman–Crippen MR) is 104 cm³/mol. The first kappa shape index (κ1) is 20.1. The standard InChI is InChI=1S/C17H18ClN5O4S/c1-10-9-27-16-13(14(22-10)3-4-19)6-12(8-21-16)23-28(24,25)15-5-11(18)7-20-17(15)26-2/h3-8,10,19,22-23H,9H2,1-2H3/p+1. The monoisotopic (exact) mass is 424 g/mol. The summed E-state index contributed by atoms with van der Waals surface area (Å²) in [6.07, 6.45) is 5.42. The third kappa shape index (κ3) is 4.24. The van der Waals surface area contributed by atoms with E-state index in [4.69, 9.17) is 26.5 Å². The van der Waals surface area contributed by atoms with Crippen molar-refractivity contribution in [3.05, 3.63) is 41.2 Å². The maximum Gasteiger partial charge on any atom is 0.267 e. The number of allylic oxidation sites excluding steroid dienone is 1. The van der Waals surface area contributed by atoms with Gasteiger partial charge in [-0.2, -0.15) is 0 Å². The van der Waals surface area contributed by atoms with Crippen molar-refractivity contribution in [1.82, 2.24) is 9.97 Å². The van der Waals surface area contributed by atoms with Gasteiger partial charge in [0.05, 0.1) is 29.6 Å². The van der Waals surface area contributed by atoms with Gasteiger partial charge in [0.25, 0.3) is 10.0 Å². The Morgan fingerprint density at radius 2 is 2.18 bits per heavy atom. The molecule has 0 bridgehead atoms. The molecule has 1 aliphatic heterocycles. The number of nitrogens with zero attached hydrogens (tertiary/aromatic N) is 2. The lowest BCUT2D eigenvalue weighted by atomic mass is 10.1. The second-order valence-electron chi connectivity index (χ2n) is 6.09. The summed E-state index contributed by atoms with van der Waals surface area (Å²) in [7, 11) is -2.71. The average Bonchev–Trinajstić information content (AvgIpc) is 2.81. The number of hydrogen-bond acceptors (Lipinski definition) is 7. The number of aromatic nitrogens is 2. The third-order valence-corrected chi connectivity index (χ3v) is 5.47. The van der Waals surface area contributed by atoms with Crippen LogP contribution in [-0.2, 0) is 10.0 Å². The van der Waals surface area contributed by atoms with Gasteiger partial charge in [-0.3, -0.25) is 4.72 Å². The molecular weight excluding hydrogens is 406 g/mol. The highest BCUT2D eigenvalue weighted by Crippen LogP contribution is 2.29. The van der Waals surface area contributed by atoms with Gasteiger partial charge in [-0.1, -0.05) is 11.6 Å². The van der Waals surface area contributed by atoms with Gasteiger partial charge in [0.1, 0.15) is 18.3 Å². The van der Waals surface area contributed by atoms with Crippen LogP contribution >= 0.6 is 11.6 Å². The van der Waals surface area contributed by atoms with Crippen LogP contribution in [0.5, 0.6) is 11.8 Å². The number of ether oxygens (including phenoxy) is 2. The summed E-state index contributed by atoms with van der Waals surface area (Å²) < 4.78 is 38.8. The first-order valence-corrected chi connectivity index (χ1v) is 10.1. The first-order chi connectivity index (χ1) is 13.3. The van der Waals surface area contributed by atoms with Crippen molar-refractivity contribution in [1.29, 1.82) is 5.41 Å². The Balaban J connectivity index is 2.00. The quantitative estimate of drug-likeness (QED) is 0.619. The lowest BCUT2D eigenvalue weighted by molar-refractivity contribution is -0.598. The normalized spacial score (nSPS) is 18.0. The van der Waals surface area contributed by atoms with Crippen LogP contribution in [0, 0.1) is 5.41 Å². The van der Waals surface area contributed by atoms with Crippen LogP contribution in [0.15, 0.2) is 35.5 Å². The Morgan fingerprint density at radius 1 is 1.39 bits per heavy atom. The molecule has 2 aromatic heterocycles. The Labute approximate surface area is 167 Å². The van der Waals surface area contributed by atoms with Crippen LogP contribution in [-0.4, -0.2) is 44.4 Å². The minimum atomic E-state index is -4.03. The molecule has 4 N–H and O–H groups in total.